The first-order chi connectivity index (χ1) is 10.2. The smallest absolute Gasteiger partial charge is 0.224 e. The van der Waals surface area contributed by atoms with Crippen molar-refractivity contribution in [3.63, 3.8) is 0 Å². The number of thiophene rings is 1. The second kappa shape index (κ2) is 6.30. The van der Waals surface area contributed by atoms with E-state index in [1.165, 1.54) is 16.0 Å². The SMILES string of the molecule is CNC(c1ccc2c(c1)CCCC(=O)N2)c1ccc(Br)s1. The van der Waals surface area contributed by atoms with Crippen LogP contribution >= 0.6 is 27.3 Å². The van der Waals surface area contributed by atoms with Gasteiger partial charge in [-0.1, -0.05) is 12.1 Å². The summed E-state index contributed by atoms with van der Waals surface area (Å²) in [6.45, 7) is 0. The molecule has 0 aliphatic carbocycles. The number of rotatable bonds is 3. The van der Waals surface area contributed by atoms with Crippen molar-refractivity contribution >= 4 is 38.9 Å². The van der Waals surface area contributed by atoms with Crippen molar-refractivity contribution in [2.75, 3.05) is 12.4 Å². The minimum atomic E-state index is 0.119. The lowest BCUT2D eigenvalue weighted by atomic mass is 9.99. The van der Waals surface area contributed by atoms with E-state index in [1.807, 2.05) is 13.1 Å². The molecule has 1 aromatic heterocycles. The highest BCUT2D eigenvalue weighted by molar-refractivity contribution is 9.11. The van der Waals surface area contributed by atoms with Gasteiger partial charge in [-0.15, -0.1) is 11.3 Å². The fourth-order valence-corrected chi connectivity index (χ4v) is 4.29. The van der Waals surface area contributed by atoms with Crippen LogP contribution in [-0.2, 0) is 11.2 Å². The maximum atomic E-state index is 11.6. The molecule has 2 aromatic rings. The zero-order valence-electron chi connectivity index (χ0n) is 11.8. The summed E-state index contributed by atoms with van der Waals surface area (Å²) in [5, 5.41) is 6.37. The van der Waals surface area contributed by atoms with E-state index in [9.17, 15) is 4.79 Å². The van der Waals surface area contributed by atoms with E-state index in [4.69, 9.17) is 0 Å². The Morgan fingerprint density at radius 3 is 2.86 bits per heavy atom. The quantitative estimate of drug-likeness (QED) is 0.860. The Bertz CT molecular complexity index is 668. The van der Waals surface area contributed by atoms with Crippen molar-refractivity contribution in [3.8, 4) is 0 Å². The van der Waals surface area contributed by atoms with Crippen LogP contribution in [0.25, 0.3) is 0 Å². The van der Waals surface area contributed by atoms with Crippen LogP contribution in [0.1, 0.15) is 34.9 Å². The summed E-state index contributed by atoms with van der Waals surface area (Å²) in [6, 6.07) is 10.7. The summed E-state index contributed by atoms with van der Waals surface area (Å²) in [5.41, 5.74) is 3.43. The Hall–Kier alpha value is -1.17. The first-order valence-electron chi connectivity index (χ1n) is 7.02. The number of fused-ring (bicyclic) bond motifs is 1. The molecule has 21 heavy (non-hydrogen) atoms. The van der Waals surface area contributed by atoms with Gasteiger partial charge in [-0.25, -0.2) is 0 Å². The van der Waals surface area contributed by atoms with Crippen LogP contribution < -0.4 is 10.6 Å². The zero-order valence-corrected chi connectivity index (χ0v) is 14.2. The zero-order chi connectivity index (χ0) is 14.8. The number of carbonyl (C=O) groups is 1. The van der Waals surface area contributed by atoms with Gasteiger partial charge in [0.05, 0.1) is 9.83 Å². The second-order valence-electron chi connectivity index (χ2n) is 5.18. The molecule has 1 amide bonds. The lowest BCUT2D eigenvalue weighted by Gasteiger charge is -2.17. The van der Waals surface area contributed by atoms with E-state index in [0.717, 1.165) is 22.3 Å². The van der Waals surface area contributed by atoms with Crippen LogP contribution in [0, 0.1) is 0 Å². The predicted octanol–water partition coefficient (Wildman–Crippen LogP) is 4.09. The number of carbonyl (C=O) groups excluding carboxylic acids is 1. The maximum Gasteiger partial charge on any atom is 0.224 e. The number of hydrogen-bond acceptors (Lipinski definition) is 3. The summed E-state index contributed by atoms with van der Waals surface area (Å²) in [4.78, 5) is 12.9. The van der Waals surface area contributed by atoms with Crippen LogP contribution in [0.15, 0.2) is 34.1 Å². The van der Waals surface area contributed by atoms with Crippen LogP contribution in [0.3, 0.4) is 0 Å². The standard InChI is InChI=1S/C16H17BrN2OS/c1-18-16(13-7-8-14(17)21-13)11-5-6-12-10(9-11)3-2-4-15(20)19-12/h5-9,16,18H,2-4H2,1H3,(H,19,20). The lowest BCUT2D eigenvalue weighted by molar-refractivity contribution is -0.116. The summed E-state index contributed by atoms with van der Waals surface area (Å²) >= 11 is 5.26. The molecule has 110 valence electrons. The van der Waals surface area contributed by atoms with Gasteiger partial charge in [0.15, 0.2) is 0 Å². The highest BCUT2D eigenvalue weighted by atomic mass is 79.9. The third kappa shape index (κ3) is 3.20. The average Bonchev–Trinajstić information content (AvgIpc) is 2.79. The topological polar surface area (TPSA) is 41.1 Å². The molecule has 1 unspecified atom stereocenters. The molecule has 0 bridgehead atoms. The van der Waals surface area contributed by atoms with Crippen molar-refractivity contribution in [2.45, 2.75) is 25.3 Å². The third-order valence-electron chi connectivity index (χ3n) is 3.75. The van der Waals surface area contributed by atoms with Crippen LogP contribution in [0.5, 0.6) is 0 Å². The van der Waals surface area contributed by atoms with Gasteiger partial charge in [0.2, 0.25) is 5.91 Å². The highest BCUT2D eigenvalue weighted by Gasteiger charge is 2.18. The number of amides is 1. The molecule has 0 saturated heterocycles. The largest absolute Gasteiger partial charge is 0.326 e. The molecule has 1 aromatic carbocycles. The molecule has 0 radical (unpaired) electrons. The van der Waals surface area contributed by atoms with Gasteiger partial charge >= 0.3 is 0 Å². The first-order valence-corrected chi connectivity index (χ1v) is 8.63. The Morgan fingerprint density at radius 1 is 1.29 bits per heavy atom. The second-order valence-corrected chi connectivity index (χ2v) is 7.68. The van der Waals surface area contributed by atoms with Gasteiger partial charge in [0, 0.05) is 17.0 Å². The molecule has 3 nitrogen and oxygen atoms in total. The number of aryl methyl sites for hydroxylation is 1. The minimum Gasteiger partial charge on any atom is -0.326 e. The Morgan fingerprint density at radius 2 is 2.14 bits per heavy atom. The van der Waals surface area contributed by atoms with Gasteiger partial charge in [0.1, 0.15) is 0 Å². The molecule has 0 fully saturated rings. The summed E-state index contributed by atoms with van der Waals surface area (Å²) in [7, 11) is 1.98. The molecule has 0 spiro atoms. The van der Waals surface area contributed by atoms with Gasteiger partial charge in [-0.2, -0.15) is 0 Å². The number of nitrogens with one attached hydrogen (secondary N) is 2. The third-order valence-corrected chi connectivity index (χ3v) is 5.44. The fourth-order valence-electron chi connectivity index (χ4n) is 2.73. The summed E-state index contributed by atoms with van der Waals surface area (Å²) in [5.74, 6) is 0.119. The van der Waals surface area contributed by atoms with Crippen LogP contribution in [0.4, 0.5) is 5.69 Å². The normalized spacial score (nSPS) is 16.0. The number of anilines is 1. The molecule has 1 aliphatic heterocycles. The molecule has 0 saturated carbocycles. The lowest BCUT2D eigenvalue weighted by Crippen LogP contribution is -2.17. The van der Waals surface area contributed by atoms with E-state index in [1.54, 1.807) is 11.3 Å². The number of halogens is 1. The van der Waals surface area contributed by atoms with E-state index < -0.39 is 0 Å². The van der Waals surface area contributed by atoms with Crippen LogP contribution in [-0.4, -0.2) is 13.0 Å². The summed E-state index contributed by atoms with van der Waals surface area (Å²) in [6.07, 6.45) is 2.47. The highest BCUT2D eigenvalue weighted by Crippen LogP contribution is 2.33. The molecule has 5 heteroatoms. The van der Waals surface area contributed by atoms with E-state index >= 15 is 0 Å². The van der Waals surface area contributed by atoms with Gasteiger partial charge in [-0.05, 0) is 65.1 Å². The Kier molecular flexibility index (Phi) is 4.42. The van der Waals surface area contributed by atoms with Gasteiger partial charge in [0.25, 0.3) is 0 Å². The molecule has 1 atom stereocenters. The number of benzene rings is 1. The van der Waals surface area contributed by atoms with E-state index in [0.29, 0.717) is 6.42 Å². The molecule has 1 aliphatic rings. The molecule has 3 rings (SSSR count). The molecule has 2 N–H and O–H groups in total. The van der Waals surface area contributed by atoms with Crippen molar-refractivity contribution < 1.29 is 4.79 Å². The molecular formula is C16H17BrN2OS. The summed E-state index contributed by atoms with van der Waals surface area (Å²) < 4.78 is 1.14. The minimum absolute atomic E-state index is 0.119. The van der Waals surface area contributed by atoms with Gasteiger partial charge < -0.3 is 10.6 Å². The van der Waals surface area contributed by atoms with Gasteiger partial charge in [-0.3, -0.25) is 4.79 Å². The molecule has 2 heterocycles. The van der Waals surface area contributed by atoms with Crippen molar-refractivity contribution in [3.05, 3.63) is 50.1 Å². The average molecular weight is 365 g/mol. The van der Waals surface area contributed by atoms with Crippen molar-refractivity contribution in [1.82, 2.24) is 5.32 Å². The van der Waals surface area contributed by atoms with E-state index in [-0.39, 0.29) is 11.9 Å². The monoisotopic (exact) mass is 364 g/mol. The first kappa shape index (κ1) is 14.8. The fraction of sp³-hybridized carbons (Fsp3) is 0.312. The predicted molar refractivity (Wildman–Crippen MR) is 90.9 cm³/mol. The Balaban J connectivity index is 1.95. The van der Waals surface area contributed by atoms with E-state index in [2.05, 4.69) is 50.8 Å². The van der Waals surface area contributed by atoms with Crippen molar-refractivity contribution in [2.24, 2.45) is 0 Å². The molecular weight excluding hydrogens is 348 g/mol. The van der Waals surface area contributed by atoms with Crippen LogP contribution in [0.2, 0.25) is 0 Å². The number of hydrogen-bond donors (Lipinski definition) is 2. The Labute approximate surface area is 136 Å². The maximum absolute atomic E-state index is 11.6. The van der Waals surface area contributed by atoms with Crippen molar-refractivity contribution in [1.29, 1.82) is 0 Å².